The zero-order valence-electron chi connectivity index (χ0n) is 7.37. The summed E-state index contributed by atoms with van der Waals surface area (Å²) in [5.41, 5.74) is -0.313. The fourth-order valence-electron chi connectivity index (χ4n) is 1.10. The summed E-state index contributed by atoms with van der Waals surface area (Å²) < 4.78 is 0. The number of allylic oxidation sites excluding steroid dienone is 1. The molecule has 0 atom stereocenters. The smallest absolute Gasteiger partial charge is 0.252 e. The van der Waals surface area contributed by atoms with Crippen LogP contribution in [0.25, 0.3) is 12.2 Å². The van der Waals surface area contributed by atoms with Crippen molar-refractivity contribution in [3.63, 3.8) is 0 Å². The number of nitrogens with one attached hydrogen (secondary N) is 1. The number of aromatic hydroxyl groups is 1. The molecule has 0 radical (unpaired) electrons. The van der Waals surface area contributed by atoms with E-state index in [9.17, 15) is 9.90 Å². The van der Waals surface area contributed by atoms with Gasteiger partial charge in [-0.2, -0.15) is 0 Å². The van der Waals surface area contributed by atoms with Crippen LogP contribution in [-0.2, 0) is 0 Å². The largest absolute Gasteiger partial charge is 0.507 e. The maximum absolute atomic E-state index is 11.0. The molecule has 3 heteroatoms. The van der Waals surface area contributed by atoms with Crippen LogP contribution in [0.5, 0.6) is 5.75 Å². The Kier molecular flexibility index (Phi) is 2.69. The van der Waals surface area contributed by atoms with Gasteiger partial charge in [0.2, 0.25) is 0 Å². The van der Waals surface area contributed by atoms with Gasteiger partial charge in [0.25, 0.3) is 5.56 Å². The molecule has 0 spiro atoms. The summed E-state index contributed by atoms with van der Waals surface area (Å²) >= 11 is 0. The molecule has 0 aliphatic rings. The molecule has 0 saturated heterocycles. The Morgan fingerprint density at radius 1 is 1.62 bits per heavy atom. The first kappa shape index (κ1) is 9.32. The van der Waals surface area contributed by atoms with Crippen LogP contribution in [0.4, 0.5) is 0 Å². The maximum atomic E-state index is 11.0. The highest BCUT2D eigenvalue weighted by Crippen LogP contribution is 1.89. The van der Waals surface area contributed by atoms with E-state index in [-0.39, 0.29) is 11.3 Å². The predicted molar refractivity (Wildman–Crippen MR) is 52.8 cm³/mol. The number of aromatic nitrogens is 1. The number of hydrogen-bond acceptors (Lipinski definition) is 2. The van der Waals surface area contributed by atoms with Crippen molar-refractivity contribution in [2.24, 2.45) is 0 Å². The first-order chi connectivity index (χ1) is 6.19. The van der Waals surface area contributed by atoms with Gasteiger partial charge in [0, 0.05) is 16.6 Å². The summed E-state index contributed by atoms with van der Waals surface area (Å²) in [6.45, 7) is 5.31. The average molecular weight is 177 g/mol. The monoisotopic (exact) mass is 177 g/mol. The highest BCUT2D eigenvalue weighted by atomic mass is 16.3. The quantitative estimate of drug-likeness (QED) is 0.626. The number of rotatable bonds is 1. The van der Waals surface area contributed by atoms with Crippen LogP contribution in [0.15, 0.2) is 23.5 Å². The van der Waals surface area contributed by atoms with Crippen molar-refractivity contribution in [1.82, 2.24) is 4.98 Å². The summed E-state index contributed by atoms with van der Waals surface area (Å²) in [4.78, 5) is 13.6. The lowest BCUT2D eigenvalue weighted by molar-refractivity contribution is 0.468. The molecule has 13 heavy (non-hydrogen) atoms. The van der Waals surface area contributed by atoms with E-state index in [0.29, 0.717) is 10.6 Å². The second-order valence-corrected chi connectivity index (χ2v) is 2.54. The van der Waals surface area contributed by atoms with Crippen LogP contribution >= 0.6 is 0 Å². The van der Waals surface area contributed by atoms with Crippen molar-refractivity contribution in [2.75, 3.05) is 0 Å². The molecule has 1 aromatic heterocycles. The van der Waals surface area contributed by atoms with E-state index >= 15 is 0 Å². The first-order valence-electron chi connectivity index (χ1n) is 3.90. The molecule has 1 heterocycles. The Balaban J connectivity index is 3.79. The van der Waals surface area contributed by atoms with Crippen molar-refractivity contribution in [2.45, 2.75) is 6.92 Å². The lowest BCUT2D eigenvalue weighted by atomic mass is 10.3. The molecule has 0 saturated carbocycles. The van der Waals surface area contributed by atoms with Crippen LogP contribution in [-0.4, -0.2) is 10.1 Å². The van der Waals surface area contributed by atoms with E-state index < -0.39 is 0 Å². The molecule has 0 amide bonds. The van der Waals surface area contributed by atoms with Gasteiger partial charge in [0.15, 0.2) is 0 Å². The van der Waals surface area contributed by atoms with E-state index in [1.54, 1.807) is 25.2 Å². The number of pyridine rings is 1. The van der Waals surface area contributed by atoms with E-state index in [4.69, 9.17) is 0 Å². The van der Waals surface area contributed by atoms with Crippen molar-refractivity contribution in [1.29, 1.82) is 0 Å². The topological polar surface area (TPSA) is 53.1 Å². The molecule has 0 aromatic carbocycles. The van der Waals surface area contributed by atoms with Gasteiger partial charge in [0.1, 0.15) is 5.75 Å². The Bertz CT molecular complexity index is 483. The van der Waals surface area contributed by atoms with Crippen molar-refractivity contribution in [3.8, 4) is 5.75 Å². The lowest BCUT2D eigenvalue weighted by Crippen LogP contribution is -2.33. The van der Waals surface area contributed by atoms with Crippen molar-refractivity contribution < 1.29 is 5.11 Å². The summed E-state index contributed by atoms with van der Waals surface area (Å²) in [6, 6.07) is 1.14. The van der Waals surface area contributed by atoms with Crippen LogP contribution < -0.4 is 16.1 Å². The van der Waals surface area contributed by atoms with Gasteiger partial charge in [0.05, 0.1) is 0 Å². The number of H-pyrrole nitrogens is 1. The van der Waals surface area contributed by atoms with E-state index in [1.807, 2.05) is 0 Å². The molecule has 0 unspecified atom stereocenters. The summed E-state index contributed by atoms with van der Waals surface area (Å²) in [6.07, 6.45) is 4.91. The van der Waals surface area contributed by atoms with Crippen molar-refractivity contribution in [3.05, 3.63) is 39.6 Å². The number of hydrogen-bond donors (Lipinski definition) is 2. The molecule has 0 bridgehead atoms. The molecular weight excluding hydrogens is 166 g/mol. The van der Waals surface area contributed by atoms with Gasteiger partial charge in [-0.3, -0.25) is 4.79 Å². The molecule has 68 valence electrons. The van der Waals surface area contributed by atoms with Crippen molar-refractivity contribution >= 4 is 12.2 Å². The highest BCUT2D eigenvalue weighted by molar-refractivity contribution is 5.41. The Morgan fingerprint density at radius 3 is 2.85 bits per heavy atom. The third kappa shape index (κ3) is 1.87. The molecule has 2 N–H and O–H groups in total. The van der Waals surface area contributed by atoms with Gasteiger partial charge in [-0.1, -0.05) is 18.7 Å². The molecule has 1 rings (SSSR count). The van der Waals surface area contributed by atoms with Gasteiger partial charge < -0.3 is 10.1 Å². The second kappa shape index (κ2) is 3.76. The summed E-state index contributed by atoms with van der Waals surface area (Å²) in [5.74, 6) is -0.0308. The summed E-state index contributed by atoms with van der Waals surface area (Å²) in [7, 11) is 0. The number of aromatic amines is 1. The Morgan fingerprint density at radius 2 is 2.31 bits per heavy atom. The molecule has 1 aromatic rings. The standard InChI is InChI=1S/C10H11NO2/c1-3-5-7-8(4-2)11-10(13)6-9(7)12/h3-6,12H,1H2,2H3,(H,11,13)/b7-5+,8-4+. The van der Waals surface area contributed by atoms with E-state index in [0.717, 1.165) is 6.07 Å². The predicted octanol–water partition coefficient (Wildman–Crippen LogP) is -0.153. The minimum absolute atomic E-state index is 0.0308. The second-order valence-electron chi connectivity index (χ2n) is 2.54. The van der Waals surface area contributed by atoms with Gasteiger partial charge in [-0.05, 0) is 13.0 Å². The lowest BCUT2D eigenvalue weighted by Gasteiger charge is -1.93. The van der Waals surface area contributed by atoms with Crippen LogP contribution in [0.2, 0.25) is 0 Å². The first-order valence-corrected chi connectivity index (χ1v) is 3.90. The van der Waals surface area contributed by atoms with Crippen LogP contribution in [0.3, 0.4) is 0 Å². The third-order valence-electron chi connectivity index (χ3n) is 1.66. The Labute approximate surface area is 75.4 Å². The zero-order valence-corrected chi connectivity index (χ0v) is 7.37. The minimum Gasteiger partial charge on any atom is -0.507 e. The van der Waals surface area contributed by atoms with Crippen LogP contribution in [0, 0.1) is 0 Å². The molecule has 0 fully saturated rings. The molecule has 3 nitrogen and oxygen atoms in total. The molecular formula is C10H11NO2. The maximum Gasteiger partial charge on any atom is 0.252 e. The fraction of sp³-hybridized carbons (Fsp3) is 0.100. The van der Waals surface area contributed by atoms with E-state index in [1.165, 1.54) is 0 Å². The van der Waals surface area contributed by atoms with Crippen LogP contribution in [0.1, 0.15) is 6.92 Å². The zero-order chi connectivity index (χ0) is 9.84. The SMILES string of the molecule is C=C/C=c1/c(O)cc(=O)[nH]/c1=C/C. The highest BCUT2D eigenvalue weighted by Gasteiger charge is 1.94. The minimum atomic E-state index is -0.313. The average Bonchev–Trinajstić information content (AvgIpc) is 2.09. The third-order valence-corrected chi connectivity index (χ3v) is 1.66. The van der Waals surface area contributed by atoms with E-state index in [2.05, 4.69) is 11.6 Å². The van der Waals surface area contributed by atoms with Gasteiger partial charge in [-0.25, -0.2) is 0 Å². The van der Waals surface area contributed by atoms with Gasteiger partial charge >= 0.3 is 0 Å². The fourth-order valence-corrected chi connectivity index (χ4v) is 1.10. The van der Waals surface area contributed by atoms with Gasteiger partial charge in [-0.15, -0.1) is 0 Å². The molecule has 0 aliphatic heterocycles. The normalized spacial score (nSPS) is 13.3. The Hall–Kier alpha value is -1.77. The molecule has 0 aliphatic carbocycles. The summed E-state index contributed by atoms with van der Waals surface area (Å²) in [5, 5.41) is 10.6.